The summed E-state index contributed by atoms with van der Waals surface area (Å²) in [5, 5.41) is 16.8. The Bertz CT molecular complexity index is 551. The van der Waals surface area contributed by atoms with Gasteiger partial charge in [-0.15, -0.1) is 11.3 Å². The predicted molar refractivity (Wildman–Crippen MR) is 72.0 cm³/mol. The van der Waals surface area contributed by atoms with Crippen LogP contribution in [-0.2, 0) is 0 Å². The van der Waals surface area contributed by atoms with E-state index in [1.54, 1.807) is 23.5 Å². The number of anilines is 1. The molecular formula is C12H13N3O2S. The molecular weight excluding hydrogens is 250 g/mol. The highest BCUT2D eigenvalue weighted by atomic mass is 32.1. The van der Waals surface area contributed by atoms with Crippen molar-refractivity contribution in [3.05, 3.63) is 50.5 Å². The molecule has 1 aromatic carbocycles. The zero-order valence-corrected chi connectivity index (χ0v) is 10.9. The second-order valence-corrected chi connectivity index (χ2v) is 5.02. The summed E-state index contributed by atoms with van der Waals surface area (Å²) in [6.45, 7) is 3.97. The van der Waals surface area contributed by atoms with Crippen molar-refractivity contribution in [2.45, 2.75) is 19.9 Å². The average molecular weight is 263 g/mol. The van der Waals surface area contributed by atoms with Crippen molar-refractivity contribution >= 4 is 22.7 Å². The molecule has 94 valence electrons. The van der Waals surface area contributed by atoms with Crippen LogP contribution in [0, 0.1) is 17.0 Å². The molecule has 1 atom stereocenters. The topological polar surface area (TPSA) is 68.1 Å². The number of aromatic nitrogens is 1. The Labute approximate surface area is 109 Å². The van der Waals surface area contributed by atoms with Crippen molar-refractivity contribution in [3.8, 4) is 0 Å². The van der Waals surface area contributed by atoms with Gasteiger partial charge in [0.15, 0.2) is 0 Å². The van der Waals surface area contributed by atoms with Gasteiger partial charge in [0, 0.05) is 23.2 Å². The van der Waals surface area contributed by atoms with Crippen LogP contribution in [0.3, 0.4) is 0 Å². The normalized spacial score (nSPS) is 12.1. The van der Waals surface area contributed by atoms with Gasteiger partial charge >= 0.3 is 0 Å². The Morgan fingerprint density at radius 3 is 2.56 bits per heavy atom. The van der Waals surface area contributed by atoms with Crippen LogP contribution in [0.2, 0.25) is 0 Å². The smallest absolute Gasteiger partial charge is 0.269 e. The molecule has 2 rings (SSSR count). The third kappa shape index (κ3) is 2.84. The van der Waals surface area contributed by atoms with Crippen LogP contribution in [-0.4, -0.2) is 9.91 Å². The molecule has 1 aromatic heterocycles. The van der Waals surface area contributed by atoms with Gasteiger partial charge in [-0.25, -0.2) is 4.98 Å². The second kappa shape index (κ2) is 5.14. The molecule has 1 unspecified atom stereocenters. The van der Waals surface area contributed by atoms with Crippen LogP contribution in [0.15, 0.2) is 29.6 Å². The SMILES string of the molecule is Cc1nc(C(C)Nc2ccc([N+](=O)[O-])cc2)cs1. The van der Waals surface area contributed by atoms with Crippen LogP contribution in [0.4, 0.5) is 11.4 Å². The van der Waals surface area contributed by atoms with Gasteiger partial charge in [-0.3, -0.25) is 10.1 Å². The maximum absolute atomic E-state index is 10.5. The Hall–Kier alpha value is -1.95. The van der Waals surface area contributed by atoms with E-state index in [0.29, 0.717) is 0 Å². The van der Waals surface area contributed by atoms with Gasteiger partial charge in [-0.2, -0.15) is 0 Å². The van der Waals surface area contributed by atoms with Crippen molar-refractivity contribution in [2.75, 3.05) is 5.32 Å². The zero-order valence-electron chi connectivity index (χ0n) is 10.1. The van der Waals surface area contributed by atoms with Gasteiger partial charge in [-0.05, 0) is 26.0 Å². The summed E-state index contributed by atoms with van der Waals surface area (Å²) in [6, 6.07) is 6.46. The van der Waals surface area contributed by atoms with E-state index in [2.05, 4.69) is 10.3 Å². The summed E-state index contributed by atoms with van der Waals surface area (Å²) in [5.74, 6) is 0. The number of nitro groups is 1. The summed E-state index contributed by atoms with van der Waals surface area (Å²) in [7, 11) is 0. The van der Waals surface area contributed by atoms with Crippen molar-refractivity contribution in [1.29, 1.82) is 0 Å². The third-order valence-electron chi connectivity index (χ3n) is 2.54. The molecule has 0 bridgehead atoms. The monoisotopic (exact) mass is 263 g/mol. The summed E-state index contributed by atoms with van der Waals surface area (Å²) >= 11 is 1.61. The summed E-state index contributed by atoms with van der Waals surface area (Å²) in [4.78, 5) is 14.5. The first-order chi connectivity index (χ1) is 8.56. The van der Waals surface area contributed by atoms with Crippen LogP contribution >= 0.6 is 11.3 Å². The van der Waals surface area contributed by atoms with Crippen molar-refractivity contribution in [3.63, 3.8) is 0 Å². The van der Waals surface area contributed by atoms with E-state index in [9.17, 15) is 10.1 Å². The fourth-order valence-corrected chi connectivity index (χ4v) is 2.29. The number of nitro benzene ring substituents is 1. The zero-order chi connectivity index (χ0) is 13.1. The minimum absolute atomic E-state index is 0.0800. The highest BCUT2D eigenvalue weighted by molar-refractivity contribution is 7.09. The fraction of sp³-hybridized carbons (Fsp3) is 0.250. The summed E-state index contributed by atoms with van der Waals surface area (Å²) in [5.41, 5.74) is 1.92. The molecule has 0 radical (unpaired) electrons. The average Bonchev–Trinajstić information content (AvgIpc) is 2.76. The lowest BCUT2D eigenvalue weighted by Crippen LogP contribution is -2.06. The fourth-order valence-electron chi connectivity index (χ4n) is 1.58. The number of nitrogens with one attached hydrogen (secondary N) is 1. The Kier molecular flexibility index (Phi) is 3.57. The molecule has 0 aliphatic carbocycles. The molecule has 0 saturated carbocycles. The number of hydrogen-bond acceptors (Lipinski definition) is 5. The maximum Gasteiger partial charge on any atom is 0.269 e. The highest BCUT2D eigenvalue weighted by Crippen LogP contribution is 2.22. The van der Waals surface area contributed by atoms with E-state index in [-0.39, 0.29) is 11.7 Å². The van der Waals surface area contributed by atoms with E-state index >= 15 is 0 Å². The molecule has 0 aliphatic heterocycles. The Balaban J connectivity index is 2.07. The first-order valence-electron chi connectivity index (χ1n) is 5.49. The summed E-state index contributed by atoms with van der Waals surface area (Å²) < 4.78 is 0. The van der Waals surface area contributed by atoms with Gasteiger partial charge in [0.1, 0.15) is 0 Å². The first kappa shape index (κ1) is 12.5. The minimum atomic E-state index is -0.406. The van der Waals surface area contributed by atoms with E-state index < -0.39 is 4.92 Å². The van der Waals surface area contributed by atoms with Gasteiger partial charge in [0.25, 0.3) is 5.69 Å². The van der Waals surface area contributed by atoms with E-state index in [1.165, 1.54) is 12.1 Å². The molecule has 1 heterocycles. The molecule has 5 nitrogen and oxygen atoms in total. The molecule has 2 aromatic rings. The minimum Gasteiger partial charge on any atom is -0.377 e. The number of benzene rings is 1. The number of rotatable bonds is 4. The van der Waals surface area contributed by atoms with Crippen LogP contribution in [0.5, 0.6) is 0 Å². The molecule has 18 heavy (non-hydrogen) atoms. The molecule has 6 heteroatoms. The Morgan fingerprint density at radius 1 is 1.39 bits per heavy atom. The number of non-ortho nitro benzene ring substituents is 1. The molecule has 0 amide bonds. The third-order valence-corrected chi connectivity index (χ3v) is 3.33. The Morgan fingerprint density at radius 2 is 2.06 bits per heavy atom. The maximum atomic E-state index is 10.5. The number of hydrogen-bond donors (Lipinski definition) is 1. The lowest BCUT2D eigenvalue weighted by Gasteiger charge is -2.12. The van der Waals surface area contributed by atoms with E-state index in [4.69, 9.17) is 0 Å². The van der Waals surface area contributed by atoms with Crippen molar-refractivity contribution < 1.29 is 4.92 Å². The van der Waals surface area contributed by atoms with Crippen molar-refractivity contribution in [1.82, 2.24) is 4.98 Å². The molecule has 0 spiro atoms. The second-order valence-electron chi connectivity index (χ2n) is 3.96. The molecule has 0 saturated heterocycles. The van der Waals surface area contributed by atoms with Crippen LogP contribution in [0.25, 0.3) is 0 Å². The van der Waals surface area contributed by atoms with Crippen LogP contribution in [0.1, 0.15) is 23.7 Å². The molecule has 0 aliphatic rings. The largest absolute Gasteiger partial charge is 0.377 e. The number of thiazole rings is 1. The van der Waals surface area contributed by atoms with Crippen LogP contribution < -0.4 is 5.32 Å². The quantitative estimate of drug-likeness (QED) is 0.676. The van der Waals surface area contributed by atoms with Gasteiger partial charge in [-0.1, -0.05) is 0 Å². The lowest BCUT2D eigenvalue weighted by molar-refractivity contribution is -0.384. The van der Waals surface area contributed by atoms with E-state index in [1.807, 2.05) is 19.2 Å². The highest BCUT2D eigenvalue weighted by Gasteiger charge is 2.09. The standard InChI is InChI=1S/C12H13N3O2S/c1-8(12-7-18-9(2)14-12)13-10-3-5-11(6-4-10)15(16)17/h3-8,13H,1-2H3. The number of aryl methyl sites for hydroxylation is 1. The van der Waals surface area contributed by atoms with E-state index in [0.717, 1.165) is 16.4 Å². The van der Waals surface area contributed by atoms with Gasteiger partial charge < -0.3 is 5.32 Å². The van der Waals surface area contributed by atoms with Gasteiger partial charge in [0.2, 0.25) is 0 Å². The predicted octanol–water partition coefficient (Wildman–Crippen LogP) is 3.53. The molecule has 0 fully saturated rings. The van der Waals surface area contributed by atoms with Crippen molar-refractivity contribution in [2.24, 2.45) is 0 Å². The first-order valence-corrected chi connectivity index (χ1v) is 6.37. The molecule has 1 N–H and O–H groups in total. The lowest BCUT2D eigenvalue weighted by atomic mass is 10.2. The van der Waals surface area contributed by atoms with Gasteiger partial charge in [0.05, 0.1) is 21.7 Å². The number of nitrogens with zero attached hydrogens (tertiary/aromatic N) is 2. The summed E-state index contributed by atoms with van der Waals surface area (Å²) in [6.07, 6.45) is 0.